The van der Waals surface area contributed by atoms with Crippen molar-refractivity contribution in [3.8, 4) is 10.6 Å². The zero-order valence-electron chi connectivity index (χ0n) is 9.08. The second-order valence-electron chi connectivity index (χ2n) is 3.52. The molecule has 2 aromatic heterocycles. The van der Waals surface area contributed by atoms with Crippen molar-refractivity contribution < 1.29 is 13.2 Å². The molecule has 0 aromatic carbocycles. The summed E-state index contributed by atoms with van der Waals surface area (Å²) in [5, 5.41) is 0. The van der Waals surface area contributed by atoms with E-state index in [-0.39, 0.29) is 5.69 Å². The zero-order valence-corrected chi connectivity index (χ0v) is 9.90. The van der Waals surface area contributed by atoms with Gasteiger partial charge in [-0.15, -0.1) is 11.3 Å². The summed E-state index contributed by atoms with van der Waals surface area (Å²) >= 11 is 1.35. The Bertz CT molecular complexity index is 516. The van der Waals surface area contributed by atoms with Crippen molar-refractivity contribution in [1.82, 2.24) is 4.98 Å². The maximum atomic E-state index is 12.8. The highest BCUT2D eigenvalue weighted by atomic mass is 32.1. The van der Waals surface area contributed by atoms with Gasteiger partial charge in [0.1, 0.15) is 0 Å². The van der Waals surface area contributed by atoms with Crippen LogP contribution < -0.4 is 0 Å². The summed E-state index contributed by atoms with van der Waals surface area (Å²) in [6.45, 7) is 1.97. The Morgan fingerprint density at radius 3 is 2.59 bits per heavy atom. The molecular formula is C12H10F3NS. The molecule has 2 rings (SSSR count). The maximum absolute atomic E-state index is 12.8. The smallest absolute Gasteiger partial charge is 0.255 e. The third-order valence-electron chi connectivity index (χ3n) is 2.36. The molecule has 2 heterocycles. The molecule has 0 amide bonds. The van der Waals surface area contributed by atoms with Crippen LogP contribution in [0.3, 0.4) is 0 Å². The fourth-order valence-corrected chi connectivity index (χ4v) is 2.48. The first-order chi connectivity index (χ1) is 8.02. The molecule has 0 fully saturated rings. The molecule has 5 heteroatoms. The molecule has 0 aliphatic rings. The molecule has 0 bridgehead atoms. The lowest BCUT2D eigenvalue weighted by atomic mass is 10.1. The SMILES string of the molecule is CCc1ccc(-c2ncccc2C(F)(F)F)s1. The van der Waals surface area contributed by atoms with Crippen LogP contribution in [0.2, 0.25) is 0 Å². The standard InChI is InChI=1S/C12H10F3NS/c1-2-8-5-6-10(17-8)11-9(12(13,14)15)4-3-7-16-11/h3-7H,2H2,1H3. The molecule has 2 aromatic rings. The minimum absolute atomic E-state index is 0.0182. The molecule has 0 radical (unpaired) electrons. The van der Waals surface area contributed by atoms with Gasteiger partial charge in [-0.1, -0.05) is 6.92 Å². The predicted molar refractivity (Wildman–Crippen MR) is 61.9 cm³/mol. The average Bonchev–Trinajstić information content (AvgIpc) is 2.76. The van der Waals surface area contributed by atoms with Crippen LogP contribution in [0.15, 0.2) is 30.5 Å². The zero-order chi connectivity index (χ0) is 12.5. The van der Waals surface area contributed by atoms with Gasteiger partial charge < -0.3 is 0 Å². The summed E-state index contributed by atoms with van der Waals surface area (Å²) in [6, 6.07) is 5.91. The Hall–Kier alpha value is -1.36. The Balaban J connectivity index is 2.52. The lowest BCUT2D eigenvalue weighted by Gasteiger charge is -2.09. The number of hydrogen-bond acceptors (Lipinski definition) is 2. The second kappa shape index (κ2) is 4.49. The van der Waals surface area contributed by atoms with E-state index >= 15 is 0 Å². The summed E-state index contributed by atoms with van der Waals surface area (Å²) in [5.74, 6) is 0. The predicted octanol–water partition coefficient (Wildman–Crippen LogP) is 4.39. The number of rotatable bonds is 2. The fourth-order valence-electron chi connectivity index (χ4n) is 1.53. The van der Waals surface area contributed by atoms with Crippen molar-refractivity contribution in [2.75, 3.05) is 0 Å². The molecule has 1 nitrogen and oxygen atoms in total. The van der Waals surface area contributed by atoms with E-state index in [1.54, 1.807) is 6.07 Å². The molecule has 0 aliphatic carbocycles. The summed E-state index contributed by atoms with van der Waals surface area (Å²) < 4.78 is 38.4. The van der Waals surface area contributed by atoms with Crippen LogP contribution in [0.1, 0.15) is 17.4 Å². The highest BCUT2D eigenvalue weighted by Crippen LogP contribution is 2.38. The molecule has 0 N–H and O–H groups in total. The van der Waals surface area contributed by atoms with Gasteiger partial charge in [-0.25, -0.2) is 0 Å². The molecule has 0 saturated carbocycles. The number of aromatic nitrogens is 1. The van der Waals surface area contributed by atoms with Crippen LogP contribution in [-0.2, 0) is 12.6 Å². The minimum Gasteiger partial charge on any atom is -0.255 e. The van der Waals surface area contributed by atoms with E-state index in [2.05, 4.69) is 4.98 Å². The summed E-state index contributed by atoms with van der Waals surface area (Å²) in [6.07, 6.45) is -2.16. The summed E-state index contributed by atoms with van der Waals surface area (Å²) in [5.41, 5.74) is -0.658. The number of nitrogens with zero attached hydrogens (tertiary/aromatic N) is 1. The van der Waals surface area contributed by atoms with Gasteiger partial charge in [-0.05, 0) is 30.7 Å². The number of alkyl halides is 3. The van der Waals surface area contributed by atoms with Gasteiger partial charge >= 0.3 is 6.18 Å². The van der Waals surface area contributed by atoms with E-state index in [9.17, 15) is 13.2 Å². The van der Waals surface area contributed by atoms with Crippen LogP contribution in [0.4, 0.5) is 13.2 Å². The van der Waals surface area contributed by atoms with Gasteiger partial charge in [0.05, 0.1) is 16.1 Å². The molecule has 0 saturated heterocycles. The number of halogens is 3. The lowest BCUT2D eigenvalue weighted by molar-refractivity contribution is -0.137. The monoisotopic (exact) mass is 257 g/mol. The van der Waals surface area contributed by atoms with Gasteiger partial charge in [0.2, 0.25) is 0 Å². The molecule has 0 spiro atoms. The summed E-state index contributed by atoms with van der Waals surface area (Å²) in [4.78, 5) is 5.47. The fraction of sp³-hybridized carbons (Fsp3) is 0.250. The van der Waals surface area contributed by atoms with Crippen molar-refractivity contribution in [1.29, 1.82) is 0 Å². The highest BCUT2D eigenvalue weighted by molar-refractivity contribution is 7.15. The van der Waals surface area contributed by atoms with Crippen LogP contribution >= 0.6 is 11.3 Å². The van der Waals surface area contributed by atoms with Crippen molar-refractivity contribution in [3.05, 3.63) is 40.9 Å². The average molecular weight is 257 g/mol. The first-order valence-electron chi connectivity index (χ1n) is 5.13. The number of pyridine rings is 1. The quantitative estimate of drug-likeness (QED) is 0.777. The molecular weight excluding hydrogens is 247 g/mol. The normalized spacial score (nSPS) is 11.8. The maximum Gasteiger partial charge on any atom is 0.418 e. The third kappa shape index (κ3) is 2.49. The minimum atomic E-state index is -4.36. The van der Waals surface area contributed by atoms with Crippen molar-refractivity contribution in [2.24, 2.45) is 0 Å². The van der Waals surface area contributed by atoms with Crippen LogP contribution in [0, 0.1) is 0 Å². The third-order valence-corrected chi connectivity index (χ3v) is 3.59. The van der Waals surface area contributed by atoms with Crippen molar-refractivity contribution in [2.45, 2.75) is 19.5 Å². The van der Waals surface area contributed by atoms with Gasteiger partial charge in [0.15, 0.2) is 0 Å². The van der Waals surface area contributed by atoms with Gasteiger partial charge in [0, 0.05) is 11.1 Å². The van der Waals surface area contributed by atoms with E-state index in [1.807, 2.05) is 13.0 Å². The number of hydrogen-bond donors (Lipinski definition) is 0. The van der Waals surface area contributed by atoms with Crippen LogP contribution in [-0.4, -0.2) is 4.98 Å². The van der Waals surface area contributed by atoms with Crippen LogP contribution in [0.25, 0.3) is 10.6 Å². The first-order valence-corrected chi connectivity index (χ1v) is 5.95. The highest BCUT2D eigenvalue weighted by Gasteiger charge is 2.34. The van der Waals surface area contributed by atoms with Crippen molar-refractivity contribution >= 4 is 11.3 Å². The van der Waals surface area contributed by atoms with Gasteiger partial charge in [-0.3, -0.25) is 4.98 Å². The van der Waals surface area contributed by atoms with Gasteiger partial charge in [-0.2, -0.15) is 13.2 Å². The second-order valence-corrected chi connectivity index (χ2v) is 4.69. The Labute approximate surface area is 101 Å². The lowest BCUT2D eigenvalue weighted by Crippen LogP contribution is -2.07. The topological polar surface area (TPSA) is 12.9 Å². The Kier molecular flexibility index (Phi) is 3.19. The summed E-state index contributed by atoms with van der Waals surface area (Å²) in [7, 11) is 0. The first kappa shape index (κ1) is 12.1. The molecule has 17 heavy (non-hydrogen) atoms. The molecule has 0 aliphatic heterocycles. The van der Waals surface area contributed by atoms with Crippen LogP contribution in [0.5, 0.6) is 0 Å². The van der Waals surface area contributed by atoms with E-state index in [0.29, 0.717) is 4.88 Å². The van der Waals surface area contributed by atoms with E-state index in [1.165, 1.54) is 23.6 Å². The Morgan fingerprint density at radius 1 is 1.24 bits per heavy atom. The number of aryl methyl sites for hydroxylation is 1. The largest absolute Gasteiger partial charge is 0.418 e. The Morgan fingerprint density at radius 2 is 2.00 bits per heavy atom. The van der Waals surface area contributed by atoms with E-state index in [4.69, 9.17) is 0 Å². The van der Waals surface area contributed by atoms with E-state index in [0.717, 1.165) is 17.4 Å². The molecule has 90 valence electrons. The van der Waals surface area contributed by atoms with Gasteiger partial charge in [0.25, 0.3) is 0 Å². The molecule has 0 atom stereocenters. The van der Waals surface area contributed by atoms with E-state index < -0.39 is 11.7 Å². The molecule has 0 unspecified atom stereocenters. The van der Waals surface area contributed by atoms with Crippen molar-refractivity contribution in [3.63, 3.8) is 0 Å². The number of thiophene rings is 1.